The molecule has 1 fully saturated rings. The van der Waals surface area contributed by atoms with Crippen LogP contribution in [0.15, 0.2) is 95.5 Å². The second-order valence-corrected chi connectivity index (χ2v) is 8.96. The lowest BCUT2D eigenvalue weighted by atomic mass is 9.68. The number of primary amides is 1. The third-order valence-electron chi connectivity index (χ3n) is 6.84. The van der Waals surface area contributed by atoms with Crippen molar-refractivity contribution in [1.82, 2.24) is 15.5 Å². The van der Waals surface area contributed by atoms with Gasteiger partial charge in [0, 0.05) is 0 Å². The summed E-state index contributed by atoms with van der Waals surface area (Å²) in [5, 5.41) is 17.1. The zero-order chi connectivity index (χ0) is 25.2. The van der Waals surface area contributed by atoms with Gasteiger partial charge in [0.2, 0.25) is 11.8 Å². The monoisotopic (exact) mass is 482 g/mol. The number of nitrogens with one attached hydrogen (secondary N) is 1. The SMILES string of the molecule is NC(=O)C1(c2noc([C@@H](CO)NC(=O)C(c3ccccc3)(c3ccccc3)c3ccccc3)n2)CC1. The largest absolute Gasteiger partial charge is 0.394 e. The fraction of sp³-hybridized carbons (Fsp3) is 0.214. The molecule has 0 spiro atoms. The summed E-state index contributed by atoms with van der Waals surface area (Å²) >= 11 is 0. The van der Waals surface area contributed by atoms with Crippen LogP contribution in [0.25, 0.3) is 0 Å². The zero-order valence-electron chi connectivity index (χ0n) is 19.5. The van der Waals surface area contributed by atoms with Gasteiger partial charge >= 0.3 is 0 Å². The topological polar surface area (TPSA) is 131 Å². The van der Waals surface area contributed by atoms with E-state index in [1.54, 1.807) is 0 Å². The molecule has 1 atom stereocenters. The van der Waals surface area contributed by atoms with E-state index in [4.69, 9.17) is 10.3 Å². The molecule has 5 rings (SSSR count). The Labute approximate surface area is 208 Å². The Hall–Kier alpha value is -4.30. The highest BCUT2D eigenvalue weighted by Gasteiger charge is 2.54. The van der Waals surface area contributed by atoms with Gasteiger partial charge in [-0.3, -0.25) is 9.59 Å². The van der Waals surface area contributed by atoms with E-state index in [0.29, 0.717) is 12.8 Å². The van der Waals surface area contributed by atoms with Crippen molar-refractivity contribution in [3.8, 4) is 0 Å². The molecular formula is C28H26N4O4. The lowest BCUT2D eigenvalue weighted by molar-refractivity contribution is -0.125. The minimum Gasteiger partial charge on any atom is -0.394 e. The van der Waals surface area contributed by atoms with Crippen LogP contribution in [0.3, 0.4) is 0 Å². The predicted octanol–water partition coefficient (Wildman–Crippen LogP) is 2.77. The molecule has 8 heteroatoms. The van der Waals surface area contributed by atoms with Crippen molar-refractivity contribution in [3.05, 3.63) is 119 Å². The second-order valence-electron chi connectivity index (χ2n) is 8.96. The molecule has 0 bridgehead atoms. The number of aromatic nitrogens is 2. The fourth-order valence-corrected chi connectivity index (χ4v) is 4.69. The van der Waals surface area contributed by atoms with Gasteiger partial charge in [0.05, 0.1) is 6.61 Å². The number of hydrogen-bond donors (Lipinski definition) is 3. The maximum Gasteiger partial charge on any atom is 0.251 e. The summed E-state index contributed by atoms with van der Waals surface area (Å²) in [5.74, 6) is -0.703. The molecule has 4 N–H and O–H groups in total. The van der Waals surface area contributed by atoms with Gasteiger partial charge in [0.1, 0.15) is 16.9 Å². The van der Waals surface area contributed by atoms with Crippen LogP contribution in [0.4, 0.5) is 0 Å². The lowest BCUT2D eigenvalue weighted by Gasteiger charge is -2.35. The molecule has 1 saturated carbocycles. The highest BCUT2D eigenvalue weighted by Crippen LogP contribution is 2.46. The van der Waals surface area contributed by atoms with Gasteiger partial charge in [-0.15, -0.1) is 0 Å². The Balaban J connectivity index is 1.59. The summed E-state index contributed by atoms with van der Waals surface area (Å²) in [6.45, 7) is -0.481. The molecular weight excluding hydrogens is 456 g/mol. The van der Waals surface area contributed by atoms with Crippen molar-refractivity contribution in [2.24, 2.45) is 5.73 Å². The van der Waals surface area contributed by atoms with Crippen LogP contribution in [0.1, 0.15) is 47.3 Å². The first-order chi connectivity index (χ1) is 17.5. The molecule has 0 saturated heterocycles. The summed E-state index contributed by atoms with van der Waals surface area (Å²) in [4.78, 5) is 30.6. The first-order valence-corrected chi connectivity index (χ1v) is 11.7. The molecule has 0 radical (unpaired) electrons. The van der Waals surface area contributed by atoms with Crippen LogP contribution in [0.5, 0.6) is 0 Å². The molecule has 1 aromatic heterocycles. The van der Waals surface area contributed by atoms with Crippen molar-refractivity contribution in [2.45, 2.75) is 29.7 Å². The second kappa shape index (κ2) is 9.39. The number of rotatable bonds is 9. The average Bonchev–Trinajstić information content (AvgIpc) is 3.60. The number of nitrogens with two attached hydrogens (primary N) is 1. The lowest BCUT2D eigenvalue weighted by Crippen LogP contribution is -2.48. The van der Waals surface area contributed by atoms with Crippen molar-refractivity contribution in [1.29, 1.82) is 0 Å². The normalized spacial score (nSPS) is 15.1. The van der Waals surface area contributed by atoms with E-state index in [0.717, 1.165) is 16.7 Å². The van der Waals surface area contributed by atoms with Crippen molar-refractivity contribution in [3.63, 3.8) is 0 Å². The van der Waals surface area contributed by atoms with Crippen LogP contribution >= 0.6 is 0 Å². The molecule has 0 aliphatic heterocycles. The summed E-state index contributed by atoms with van der Waals surface area (Å²) in [6.07, 6.45) is 1.08. The first-order valence-electron chi connectivity index (χ1n) is 11.7. The average molecular weight is 483 g/mol. The molecule has 3 aromatic carbocycles. The van der Waals surface area contributed by atoms with Gasteiger partial charge in [-0.1, -0.05) is 96.2 Å². The van der Waals surface area contributed by atoms with E-state index in [1.165, 1.54) is 0 Å². The molecule has 0 unspecified atom stereocenters. The highest BCUT2D eigenvalue weighted by atomic mass is 16.5. The molecule has 182 valence electrons. The van der Waals surface area contributed by atoms with Gasteiger partial charge in [-0.05, 0) is 29.5 Å². The predicted molar refractivity (Wildman–Crippen MR) is 132 cm³/mol. The Morgan fingerprint density at radius 1 is 0.917 bits per heavy atom. The summed E-state index contributed by atoms with van der Waals surface area (Å²) in [5.41, 5.74) is 5.64. The molecule has 1 heterocycles. The minimum absolute atomic E-state index is 0.0106. The zero-order valence-corrected chi connectivity index (χ0v) is 19.5. The Morgan fingerprint density at radius 3 is 1.78 bits per heavy atom. The summed E-state index contributed by atoms with van der Waals surface area (Å²) < 4.78 is 5.38. The van der Waals surface area contributed by atoms with E-state index in [1.807, 2.05) is 91.0 Å². The molecule has 1 aliphatic carbocycles. The van der Waals surface area contributed by atoms with Crippen LogP contribution in [0.2, 0.25) is 0 Å². The quantitative estimate of drug-likeness (QED) is 0.314. The van der Waals surface area contributed by atoms with Crippen molar-refractivity contribution >= 4 is 11.8 Å². The summed E-state index contributed by atoms with van der Waals surface area (Å²) in [7, 11) is 0. The van der Waals surface area contributed by atoms with E-state index in [2.05, 4.69) is 15.5 Å². The van der Waals surface area contributed by atoms with Gasteiger partial charge < -0.3 is 20.7 Å². The van der Waals surface area contributed by atoms with Gasteiger partial charge in [0.15, 0.2) is 5.82 Å². The number of carbonyl (C=O) groups excluding carboxylic acids is 2. The van der Waals surface area contributed by atoms with Crippen LogP contribution in [0, 0.1) is 0 Å². The molecule has 8 nitrogen and oxygen atoms in total. The highest BCUT2D eigenvalue weighted by molar-refractivity contribution is 5.96. The van der Waals surface area contributed by atoms with Crippen molar-refractivity contribution < 1.29 is 19.2 Å². The van der Waals surface area contributed by atoms with E-state index in [-0.39, 0.29) is 17.6 Å². The maximum absolute atomic E-state index is 14.3. The number of aliphatic hydroxyl groups excluding tert-OH is 1. The van der Waals surface area contributed by atoms with E-state index < -0.39 is 29.4 Å². The number of nitrogens with zero attached hydrogens (tertiary/aromatic N) is 2. The molecule has 1 aliphatic rings. The molecule has 4 aromatic rings. The van der Waals surface area contributed by atoms with Gasteiger partial charge in [0.25, 0.3) is 5.89 Å². The number of benzene rings is 3. The maximum atomic E-state index is 14.3. The number of aliphatic hydroxyl groups is 1. The fourth-order valence-electron chi connectivity index (χ4n) is 4.69. The summed E-state index contributed by atoms with van der Waals surface area (Å²) in [6, 6.07) is 27.4. The van der Waals surface area contributed by atoms with Crippen LogP contribution in [-0.2, 0) is 20.4 Å². The standard InChI is InChI=1S/C28H26N4O4/c29-24(34)27(16-17-27)25-31-23(36-32-25)22(18-33)30-26(35)28(19-10-4-1-5-11-19,20-12-6-2-7-13-20)21-14-8-3-9-15-21/h1-15,22,33H,16-18H2,(H2,29,34)(H,30,35)/t22-/m1/s1. The van der Waals surface area contributed by atoms with E-state index in [9.17, 15) is 14.7 Å². The van der Waals surface area contributed by atoms with Crippen molar-refractivity contribution in [2.75, 3.05) is 6.61 Å². The van der Waals surface area contributed by atoms with Crippen LogP contribution < -0.4 is 11.1 Å². The van der Waals surface area contributed by atoms with Gasteiger partial charge in [-0.25, -0.2) is 0 Å². The Bertz CT molecular complexity index is 1260. The van der Waals surface area contributed by atoms with Crippen LogP contribution in [-0.4, -0.2) is 33.7 Å². The number of amides is 2. The Morgan fingerprint density at radius 2 is 1.39 bits per heavy atom. The number of hydrogen-bond acceptors (Lipinski definition) is 6. The van der Waals surface area contributed by atoms with Gasteiger partial charge in [-0.2, -0.15) is 4.98 Å². The smallest absolute Gasteiger partial charge is 0.251 e. The third kappa shape index (κ3) is 3.85. The minimum atomic E-state index is -1.23. The molecule has 36 heavy (non-hydrogen) atoms. The first kappa shape index (κ1) is 23.4. The number of carbonyl (C=O) groups is 2. The Kier molecular flexibility index (Phi) is 6.12. The third-order valence-corrected chi connectivity index (χ3v) is 6.84. The molecule has 2 amide bonds. The van der Waals surface area contributed by atoms with E-state index >= 15 is 0 Å².